The Labute approximate surface area is 149 Å². The number of nitrogens with one attached hydrogen (secondary N) is 1. The lowest BCUT2D eigenvalue weighted by Crippen LogP contribution is -2.45. The van der Waals surface area contributed by atoms with Gasteiger partial charge in [0.05, 0.1) is 17.9 Å². The van der Waals surface area contributed by atoms with Crippen LogP contribution in [0.4, 0.5) is 10.1 Å². The molecule has 1 fully saturated rings. The first-order valence-electron chi connectivity index (χ1n) is 9.14. The first-order valence-corrected chi connectivity index (χ1v) is 9.14. The molecule has 1 amide bonds. The van der Waals surface area contributed by atoms with E-state index in [4.69, 9.17) is 4.74 Å². The molecule has 1 aromatic rings. The molecular weight excluding hydrogens is 319 g/mol. The van der Waals surface area contributed by atoms with Crippen molar-refractivity contribution in [3.63, 3.8) is 0 Å². The van der Waals surface area contributed by atoms with Gasteiger partial charge < -0.3 is 15.0 Å². The van der Waals surface area contributed by atoms with E-state index < -0.39 is 0 Å². The van der Waals surface area contributed by atoms with Gasteiger partial charge in [-0.1, -0.05) is 18.2 Å². The van der Waals surface area contributed by atoms with Crippen LogP contribution in [0.2, 0.25) is 0 Å². The fourth-order valence-electron chi connectivity index (χ4n) is 3.66. The molecule has 0 aromatic heterocycles. The maximum Gasteiger partial charge on any atom is 0.223 e. The van der Waals surface area contributed by atoms with Crippen LogP contribution in [0.1, 0.15) is 38.7 Å². The Morgan fingerprint density at radius 1 is 1.28 bits per heavy atom. The summed E-state index contributed by atoms with van der Waals surface area (Å²) >= 11 is 0. The minimum absolute atomic E-state index is 0.0467. The Kier molecular flexibility index (Phi) is 5.74. The molecule has 3 unspecified atom stereocenters. The van der Waals surface area contributed by atoms with Crippen molar-refractivity contribution < 1.29 is 13.9 Å². The zero-order valence-electron chi connectivity index (χ0n) is 15.0. The summed E-state index contributed by atoms with van der Waals surface area (Å²) in [5.41, 5.74) is 1.39. The van der Waals surface area contributed by atoms with Crippen LogP contribution in [0, 0.1) is 11.7 Å². The predicted molar refractivity (Wildman–Crippen MR) is 96.9 cm³/mol. The number of benzene rings is 1. The summed E-state index contributed by atoms with van der Waals surface area (Å²) in [7, 11) is 0. The highest BCUT2D eigenvalue weighted by Gasteiger charge is 2.24. The average Bonchev–Trinajstić information content (AvgIpc) is 2.59. The standard InChI is InChI=1S/C20H27FN2O2/c1-14-12-23(13-15(2)25-14)19-9-8-16(10-18(19)21)11-22-20(24)17-6-4-3-5-7-17/h3-4,8-10,14-15,17H,5-7,11-13H2,1-2H3,(H,22,24). The SMILES string of the molecule is CC1CN(c2ccc(CNC(=O)C3CC=CCC3)cc2F)CC(C)O1. The second-order valence-corrected chi connectivity index (χ2v) is 7.15. The van der Waals surface area contributed by atoms with Gasteiger partial charge in [-0.2, -0.15) is 0 Å². The van der Waals surface area contributed by atoms with E-state index in [2.05, 4.69) is 17.5 Å². The van der Waals surface area contributed by atoms with E-state index in [0.29, 0.717) is 25.3 Å². The van der Waals surface area contributed by atoms with Gasteiger partial charge >= 0.3 is 0 Å². The smallest absolute Gasteiger partial charge is 0.223 e. The summed E-state index contributed by atoms with van der Waals surface area (Å²) in [6, 6.07) is 5.23. The fourth-order valence-corrected chi connectivity index (χ4v) is 3.66. The molecule has 4 nitrogen and oxygen atoms in total. The molecule has 3 atom stereocenters. The van der Waals surface area contributed by atoms with E-state index in [0.717, 1.165) is 24.8 Å². The molecule has 1 aromatic carbocycles. The van der Waals surface area contributed by atoms with Crippen molar-refractivity contribution in [3.05, 3.63) is 41.7 Å². The zero-order chi connectivity index (χ0) is 17.8. The van der Waals surface area contributed by atoms with E-state index in [1.807, 2.05) is 30.9 Å². The molecule has 1 saturated heterocycles. The third-order valence-electron chi connectivity index (χ3n) is 4.88. The van der Waals surface area contributed by atoms with E-state index in [1.165, 1.54) is 6.07 Å². The molecule has 136 valence electrons. The molecule has 0 radical (unpaired) electrons. The number of carbonyl (C=O) groups is 1. The number of halogens is 1. The molecule has 0 saturated carbocycles. The highest BCUT2D eigenvalue weighted by molar-refractivity contribution is 5.79. The van der Waals surface area contributed by atoms with Gasteiger partial charge in [0.1, 0.15) is 5.82 Å². The molecule has 1 N–H and O–H groups in total. The maximum atomic E-state index is 14.6. The van der Waals surface area contributed by atoms with Crippen molar-refractivity contribution in [2.75, 3.05) is 18.0 Å². The van der Waals surface area contributed by atoms with Crippen LogP contribution < -0.4 is 10.2 Å². The topological polar surface area (TPSA) is 41.6 Å². The van der Waals surface area contributed by atoms with Crippen LogP contribution in [0.15, 0.2) is 30.4 Å². The van der Waals surface area contributed by atoms with Crippen molar-refractivity contribution in [1.29, 1.82) is 0 Å². The summed E-state index contributed by atoms with van der Waals surface area (Å²) < 4.78 is 20.3. The van der Waals surface area contributed by atoms with Crippen molar-refractivity contribution in [2.24, 2.45) is 5.92 Å². The number of morpholine rings is 1. The summed E-state index contributed by atoms with van der Waals surface area (Å²) in [6.45, 7) is 5.75. The van der Waals surface area contributed by atoms with Gasteiger partial charge in [0, 0.05) is 25.6 Å². The highest BCUT2D eigenvalue weighted by Crippen LogP contribution is 2.25. The van der Waals surface area contributed by atoms with E-state index in [9.17, 15) is 9.18 Å². The third kappa shape index (κ3) is 4.60. The van der Waals surface area contributed by atoms with Crippen molar-refractivity contribution in [3.8, 4) is 0 Å². The number of carbonyl (C=O) groups excluding carboxylic acids is 1. The number of nitrogens with zero attached hydrogens (tertiary/aromatic N) is 1. The number of rotatable bonds is 4. The molecule has 25 heavy (non-hydrogen) atoms. The monoisotopic (exact) mass is 346 g/mol. The van der Waals surface area contributed by atoms with Crippen LogP contribution in [0.5, 0.6) is 0 Å². The number of hydrogen-bond donors (Lipinski definition) is 1. The lowest BCUT2D eigenvalue weighted by molar-refractivity contribution is -0.125. The van der Waals surface area contributed by atoms with Gasteiger partial charge in [0.2, 0.25) is 5.91 Å². The first-order chi connectivity index (χ1) is 12.0. The minimum atomic E-state index is -0.242. The second-order valence-electron chi connectivity index (χ2n) is 7.15. The quantitative estimate of drug-likeness (QED) is 0.850. The fraction of sp³-hybridized carbons (Fsp3) is 0.550. The number of amides is 1. The third-order valence-corrected chi connectivity index (χ3v) is 4.88. The van der Waals surface area contributed by atoms with Crippen molar-refractivity contribution in [1.82, 2.24) is 5.32 Å². The molecule has 0 spiro atoms. The van der Waals surface area contributed by atoms with Crippen LogP contribution >= 0.6 is 0 Å². The second kappa shape index (κ2) is 8.00. The normalized spacial score (nSPS) is 26.5. The Balaban J connectivity index is 1.60. The number of hydrogen-bond acceptors (Lipinski definition) is 3. The molecular formula is C20H27FN2O2. The molecule has 2 aliphatic rings. The molecule has 1 aliphatic carbocycles. The van der Waals surface area contributed by atoms with E-state index >= 15 is 0 Å². The molecule has 5 heteroatoms. The van der Waals surface area contributed by atoms with Gasteiger partial charge in [0.25, 0.3) is 0 Å². The van der Waals surface area contributed by atoms with Gasteiger partial charge in [-0.25, -0.2) is 4.39 Å². The van der Waals surface area contributed by atoms with Gasteiger partial charge in [-0.3, -0.25) is 4.79 Å². The van der Waals surface area contributed by atoms with Gasteiger partial charge in [-0.15, -0.1) is 0 Å². The zero-order valence-corrected chi connectivity index (χ0v) is 15.0. The number of anilines is 1. The molecule has 3 rings (SSSR count). The average molecular weight is 346 g/mol. The number of ether oxygens (including phenoxy) is 1. The highest BCUT2D eigenvalue weighted by atomic mass is 19.1. The largest absolute Gasteiger partial charge is 0.372 e. The van der Waals surface area contributed by atoms with E-state index in [-0.39, 0.29) is 29.9 Å². The van der Waals surface area contributed by atoms with Crippen LogP contribution in [-0.4, -0.2) is 31.2 Å². The van der Waals surface area contributed by atoms with Gasteiger partial charge in [-0.05, 0) is 50.8 Å². The van der Waals surface area contributed by atoms with Crippen LogP contribution in [0.3, 0.4) is 0 Å². The summed E-state index contributed by atoms with van der Waals surface area (Å²) in [6.07, 6.45) is 7.00. The van der Waals surface area contributed by atoms with Crippen molar-refractivity contribution in [2.45, 2.75) is 51.9 Å². The minimum Gasteiger partial charge on any atom is -0.372 e. The van der Waals surface area contributed by atoms with E-state index in [1.54, 1.807) is 0 Å². The van der Waals surface area contributed by atoms with Gasteiger partial charge in [0.15, 0.2) is 0 Å². The molecule has 1 aliphatic heterocycles. The van der Waals surface area contributed by atoms with Crippen LogP contribution in [-0.2, 0) is 16.1 Å². The Morgan fingerprint density at radius 3 is 2.68 bits per heavy atom. The predicted octanol–water partition coefficient (Wildman–Crippen LogP) is 3.41. The van der Waals surface area contributed by atoms with Crippen molar-refractivity contribution >= 4 is 11.6 Å². The Hall–Kier alpha value is -1.88. The Morgan fingerprint density at radius 2 is 2.04 bits per heavy atom. The molecule has 0 bridgehead atoms. The van der Waals surface area contributed by atoms with Crippen LogP contribution in [0.25, 0.3) is 0 Å². The lowest BCUT2D eigenvalue weighted by atomic mass is 9.93. The maximum absolute atomic E-state index is 14.6. The lowest BCUT2D eigenvalue weighted by Gasteiger charge is -2.37. The summed E-state index contributed by atoms with van der Waals surface area (Å²) in [5.74, 6) is -0.135. The first kappa shape index (κ1) is 17.9. The molecule has 1 heterocycles. The number of allylic oxidation sites excluding steroid dienone is 2. The summed E-state index contributed by atoms with van der Waals surface area (Å²) in [5, 5.41) is 2.94. The Bertz CT molecular complexity index is 637. The summed E-state index contributed by atoms with van der Waals surface area (Å²) in [4.78, 5) is 14.2.